The zero-order chi connectivity index (χ0) is 27.7. The van der Waals surface area contributed by atoms with Crippen LogP contribution < -0.4 is 10.6 Å². The normalized spacial score (nSPS) is 11.6. The number of allylic oxidation sites excluding steroid dienone is 2. The fourth-order valence-corrected chi connectivity index (χ4v) is 7.04. The molecule has 0 spiro atoms. The Morgan fingerprint density at radius 1 is 0.895 bits per heavy atom. The Morgan fingerprint density at radius 2 is 1.50 bits per heavy atom. The fraction of sp³-hybridized carbons (Fsp3) is 0.231. The summed E-state index contributed by atoms with van der Waals surface area (Å²) in [5.74, 6) is -2.90. The van der Waals surface area contributed by atoms with Crippen molar-refractivity contribution in [1.29, 1.82) is 0 Å². The van der Waals surface area contributed by atoms with Crippen LogP contribution in [0.5, 0.6) is 0 Å². The number of carbonyl (C=O) groups is 4. The Balaban J connectivity index is 1.53. The average molecular weight is 591 g/mol. The number of carboxylic acids is 2. The number of anilines is 2. The van der Waals surface area contributed by atoms with Crippen molar-refractivity contribution >= 4 is 84.4 Å². The standard InChI is InChI=1S/C26H26N2O6S4/c1-3-11-35-17(4-2)15-13-37-23(21(15)25(31)32)27-19(29)9-5-6-10-20(30)28-24-22(26(33)34)16(14-38-24)18-8-7-12-36-18/h3-4,7-8,11-14H,5-6,9-10H2,1-2H3,(H,27,29)(H,28,30)(H,31,32)(H,33,34)/b11-3-,17-4-. The van der Waals surface area contributed by atoms with Crippen LogP contribution in [0.1, 0.15) is 65.8 Å². The van der Waals surface area contributed by atoms with Gasteiger partial charge in [-0.3, -0.25) is 9.59 Å². The minimum atomic E-state index is -1.12. The number of amides is 2. The Hall–Kier alpha value is -3.19. The van der Waals surface area contributed by atoms with Crippen LogP contribution in [0, 0.1) is 0 Å². The maximum atomic E-state index is 12.5. The summed E-state index contributed by atoms with van der Waals surface area (Å²) in [5, 5.41) is 32.5. The van der Waals surface area contributed by atoms with Gasteiger partial charge in [0.1, 0.15) is 21.1 Å². The predicted octanol–water partition coefficient (Wildman–Crippen LogP) is 7.70. The van der Waals surface area contributed by atoms with Gasteiger partial charge in [0.15, 0.2) is 0 Å². The van der Waals surface area contributed by atoms with Crippen LogP contribution in [0.25, 0.3) is 15.3 Å². The van der Waals surface area contributed by atoms with E-state index in [0.29, 0.717) is 24.0 Å². The summed E-state index contributed by atoms with van der Waals surface area (Å²) in [6.45, 7) is 3.70. The van der Waals surface area contributed by atoms with Gasteiger partial charge in [0.2, 0.25) is 11.8 Å². The smallest absolute Gasteiger partial charge is 0.339 e. The van der Waals surface area contributed by atoms with Gasteiger partial charge in [-0.25, -0.2) is 9.59 Å². The van der Waals surface area contributed by atoms with Gasteiger partial charge in [0.25, 0.3) is 0 Å². The fourth-order valence-electron chi connectivity index (χ4n) is 3.50. The van der Waals surface area contributed by atoms with Crippen molar-refractivity contribution < 1.29 is 29.4 Å². The molecule has 3 aromatic heterocycles. The third-order valence-corrected chi connectivity index (χ3v) is 9.03. The summed E-state index contributed by atoms with van der Waals surface area (Å²) in [5.41, 5.74) is 1.25. The second-order valence-electron chi connectivity index (χ2n) is 7.84. The topological polar surface area (TPSA) is 133 Å². The lowest BCUT2D eigenvalue weighted by Crippen LogP contribution is -2.15. The first-order chi connectivity index (χ1) is 18.3. The second kappa shape index (κ2) is 14.1. The minimum Gasteiger partial charge on any atom is -0.478 e. The van der Waals surface area contributed by atoms with Crippen molar-refractivity contribution in [2.45, 2.75) is 39.5 Å². The molecule has 200 valence electrons. The molecule has 12 heteroatoms. The van der Waals surface area contributed by atoms with Crippen LogP contribution in [0.2, 0.25) is 0 Å². The predicted molar refractivity (Wildman–Crippen MR) is 158 cm³/mol. The van der Waals surface area contributed by atoms with Gasteiger partial charge >= 0.3 is 11.9 Å². The molecule has 0 fully saturated rings. The first kappa shape index (κ1) is 29.4. The van der Waals surface area contributed by atoms with E-state index >= 15 is 0 Å². The van der Waals surface area contributed by atoms with Crippen LogP contribution in [0.15, 0.2) is 45.8 Å². The van der Waals surface area contributed by atoms with E-state index in [9.17, 15) is 29.4 Å². The number of carbonyl (C=O) groups excluding carboxylic acids is 2. The van der Waals surface area contributed by atoms with Gasteiger partial charge in [-0.1, -0.05) is 30.0 Å². The van der Waals surface area contributed by atoms with E-state index in [1.54, 1.807) is 10.8 Å². The van der Waals surface area contributed by atoms with Gasteiger partial charge in [-0.2, -0.15) is 0 Å². The first-order valence-corrected chi connectivity index (χ1v) is 15.1. The number of rotatable bonds is 13. The summed E-state index contributed by atoms with van der Waals surface area (Å²) in [4.78, 5) is 50.2. The Bertz CT molecular complexity index is 1370. The third-order valence-electron chi connectivity index (χ3n) is 5.22. The molecule has 3 heterocycles. The number of nitrogens with one attached hydrogen (secondary N) is 2. The summed E-state index contributed by atoms with van der Waals surface area (Å²) in [6, 6.07) is 3.66. The van der Waals surface area contributed by atoms with Gasteiger partial charge < -0.3 is 20.8 Å². The van der Waals surface area contributed by atoms with Crippen molar-refractivity contribution in [3.63, 3.8) is 0 Å². The van der Waals surface area contributed by atoms with E-state index in [1.165, 1.54) is 23.1 Å². The molecule has 0 saturated heterocycles. The molecule has 0 bridgehead atoms. The average Bonchev–Trinajstić information content (AvgIpc) is 3.62. The largest absolute Gasteiger partial charge is 0.478 e. The maximum absolute atomic E-state index is 12.5. The van der Waals surface area contributed by atoms with E-state index in [0.717, 1.165) is 32.5 Å². The lowest BCUT2D eigenvalue weighted by molar-refractivity contribution is -0.118. The molecular formula is C26H26N2O6S4. The molecule has 38 heavy (non-hydrogen) atoms. The molecule has 0 radical (unpaired) electrons. The number of hydrogen-bond acceptors (Lipinski definition) is 8. The summed E-state index contributed by atoms with van der Waals surface area (Å²) in [7, 11) is 0. The highest BCUT2D eigenvalue weighted by Crippen LogP contribution is 2.39. The molecule has 0 aromatic carbocycles. The quantitative estimate of drug-likeness (QED) is 0.150. The van der Waals surface area contributed by atoms with Crippen LogP contribution in [-0.4, -0.2) is 34.0 Å². The lowest BCUT2D eigenvalue weighted by atomic mass is 10.1. The highest BCUT2D eigenvalue weighted by atomic mass is 32.2. The zero-order valence-electron chi connectivity index (χ0n) is 20.6. The summed E-state index contributed by atoms with van der Waals surface area (Å²) >= 11 is 5.15. The molecular weight excluding hydrogens is 565 g/mol. The Labute approximate surface area is 236 Å². The minimum absolute atomic E-state index is 0.0555. The molecule has 3 aromatic rings. The molecule has 0 aliphatic rings. The van der Waals surface area contributed by atoms with Crippen molar-refractivity contribution in [2.24, 2.45) is 0 Å². The van der Waals surface area contributed by atoms with Crippen molar-refractivity contribution in [2.75, 3.05) is 10.6 Å². The monoisotopic (exact) mass is 590 g/mol. The molecule has 2 amide bonds. The number of aromatic carboxylic acids is 2. The van der Waals surface area contributed by atoms with E-state index in [1.807, 2.05) is 48.9 Å². The lowest BCUT2D eigenvalue weighted by Gasteiger charge is -2.08. The van der Waals surface area contributed by atoms with Crippen molar-refractivity contribution in [3.8, 4) is 10.4 Å². The van der Waals surface area contributed by atoms with Crippen LogP contribution in [0.3, 0.4) is 0 Å². The van der Waals surface area contributed by atoms with Gasteiger partial charge in [0.05, 0.1) is 0 Å². The van der Waals surface area contributed by atoms with Crippen molar-refractivity contribution in [1.82, 2.24) is 0 Å². The zero-order valence-corrected chi connectivity index (χ0v) is 23.9. The van der Waals surface area contributed by atoms with Crippen LogP contribution >= 0.6 is 45.8 Å². The second-order valence-corrected chi connectivity index (χ2v) is 11.5. The molecule has 3 rings (SSSR count). The molecule has 8 nitrogen and oxygen atoms in total. The van der Waals surface area contributed by atoms with E-state index < -0.39 is 11.9 Å². The number of hydrogen-bond donors (Lipinski definition) is 4. The summed E-state index contributed by atoms with van der Waals surface area (Å²) in [6.07, 6.45) is 4.75. The number of thioether (sulfide) groups is 1. The Kier molecular flexibility index (Phi) is 10.9. The van der Waals surface area contributed by atoms with Gasteiger partial charge in [-0.05, 0) is 43.5 Å². The molecule has 0 unspecified atom stereocenters. The van der Waals surface area contributed by atoms with E-state index in [2.05, 4.69) is 10.6 Å². The molecule has 0 saturated carbocycles. The SMILES string of the molecule is C/C=C\S/C(=C\C)c1csc(NC(=O)CCCCC(=O)Nc2scc(-c3cccs3)c2C(=O)O)c1C(=O)O. The van der Waals surface area contributed by atoms with Gasteiger partial charge in [0, 0.05) is 44.5 Å². The van der Waals surface area contributed by atoms with Crippen LogP contribution in [0.4, 0.5) is 10.0 Å². The number of carboxylic acid groups (broad SMARTS) is 2. The number of thiophene rings is 3. The van der Waals surface area contributed by atoms with E-state index in [4.69, 9.17) is 0 Å². The van der Waals surface area contributed by atoms with Gasteiger partial charge in [-0.15, -0.1) is 34.0 Å². The first-order valence-electron chi connectivity index (χ1n) is 11.5. The van der Waals surface area contributed by atoms with Crippen molar-refractivity contribution in [3.05, 3.63) is 62.5 Å². The molecule has 0 aliphatic heterocycles. The highest BCUT2D eigenvalue weighted by molar-refractivity contribution is 8.10. The Morgan fingerprint density at radius 3 is 2.03 bits per heavy atom. The van der Waals surface area contributed by atoms with Crippen LogP contribution in [-0.2, 0) is 9.59 Å². The van der Waals surface area contributed by atoms with E-state index in [-0.39, 0.29) is 45.8 Å². The molecule has 0 atom stereocenters. The maximum Gasteiger partial charge on any atom is 0.339 e. The summed E-state index contributed by atoms with van der Waals surface area (Å²) < 4.78 is 0. The molecule has 0 aliphatic carbocycles. The third kappa shape index (κ3) is 7.44. The number of unbranched alkanes of at least 4 members (excludes halogenated alkanes) is 1. The highest BCUT2D eigenvalue weighted by Gasteiger charge is 2.23. The molecule has 4 N–H and O–H groups in total.